The van der Waals surface area contributed by atoms with Crippen molar-refractivity contribution in [2.45, 2.75) is 25.4 Å². The Balaban J connectivity index is 1.58. The number of hydrogen-bond acceptors (Lipinski definition) is 3. The molecule has 24 heavy (non-hydrogen) atoms. The van der Waals surface area contributed by atoms with E-state index < -0.39 is 11.5 Å². The first-order valence-electron chi connectivity index (χ1n) is 8.04. The number of halogens is 2. The van der Waals surface area contributed by atoms with Gasteiger partial charge in [-0.15, -0.1) is 0 Å². The summed E-state index contributed by atoms with van der Waals surface area (Å²) in [6.45, 7) is 2.69. The highest BCUT2D eigenvalue weighted by Crippen LogP contribution is 2.46. The first-order valence-corrected chi connectivity index (χ1v) is 8.80. The Bertz CT molecular complexity index is 678. The van der Waals surface area contributed by atoms with E-state index in [0.717, 1.165) is 12.8 Å². The Morgan fingerprint density at radius 2 is 2.08 bits per heavy atom. The van der Waals surface area contributed by atoms with E-state index >= 15 is 0 Å². The van der Waals surface area contributed by atoms with E-state index in [4.69, 9.17) is 23.2 Å². The predicted octanol–water partition coefficient (Wildman–Crippen LogP) is 2.34. The zero-order valence-corrected chi connectivity index (χ0v) is 14.9. The van der Waals surface area contributed by atoms with Gasteiger partial charge in [-0.1, -0.05) is 30.1 Å². The summed E-state index contributed by atoms with van der Waals surface area (Å²) in [6, 6.07) is 4.60. The van der Waals surface area contributed by atoms with Crippen LogP contribution in [0.3, 0.4) is 0 Å². The van der Waals surface area contributed by atoms with Gasteiger partial charge < -0.3 is 15.3 Å². The molecular weight excluding hydrogens is 351 g/mol. The summed E-state index contributed by atoms with van der Waals surface area (Å²) in [5.74, 6) is -0.303. The molecule has 1 saturated heterocycles. The standard InChI is InChI=1S/C17H20Cl2N2O3/c1-10-8-21(9-17(10,24)11-2-3-11)15(22)7-20-16(23)13-6-12(18)4-5-14(13)19/h4-6,10-11,24H,2-3,7-9H2,1H3,(H,20,23). The SMILES string of the molecule is CC1CN(C(=O)CNC(=O)c2cc(Cl)ccc2Cl)CC1(O)C1CC1. The van der Waals surface area contributed by atoms with Crippen molar-refractivity contribution in [3.63, 3.8) is 0 Å². The highest BCUT2D eigenvalue weighted by molar-refractivity contribution is 6.35. The highest BCUT2D eigenvalue weighted by atomic mass is 35.5. The Morgan fingerprint density at radius 1 is 1.38 bits per heavy atom. The summed E-state index contributed by atoms with van der Waals surface area (Å²) in [7, 11) is 0. The van der Waals surface area contributed by atoms with Gasteiger partial charge in [-0.25, -0.2) is 0 Å². The fourth-order valence-electron chi connectivity index (χ4n) is 3.35. The molecule has 2 unspecified atom stereocenters. The maximum Gasteiger partial charge on any atom is 0.253 e. The number of benzene rings is 1. The van der Waals surface area contributed by atoms with E-state index in [1.165, 1.54) is 6.07 Å². The zero-order valence-electron chi connectivity index (χ0n) is 13.4. The number of likely N-dealkylation sites (tertiary alicyclic amines) is 1. The van der Waals surface area contributed by atoms with E-state index in [9.17, 15) is 14.7 Å². The molecule has 1 aromatic rings. The van der Waals surface area contributed by atoms with Gasteiger partial charge in [-0.05, 0) is 37.0 Å². The second-order valence-electron chi connectivity index (χ2n) is 6.75. The van der Waals surface area contributed by atoms with Crippen LogP contribution in [0.5, 0.6) is 0 Å². The number of amides is 2. The van der Waals surface area contributed by atoms with Gasteiger partial charge in [0.15, 0.2) is 0 Å². The molecule has 0 radical (unpaired) electrons. The molecule has 2 atom stereocenters. The third-order valence-corrected chi connectivity index (χ3v) is 5.57. The molecule has 5 nitrogen and oxygen atoms in total. The maximum absolute atomic E-state index is 12.4. The molecule has 1 saturated carbocycles. The van der Waals surface area contributed by atoms with Crippen molar-refractivity contribution in [2.24, 2.45) is 11.8 Å². The number of carbonyl (C=O) groups is 2. The van der Waals surface area contributed by atoms with Crippen molar-refractivity contribution in [3.8, 4) is 0 Å². The van der Waals surface area contributed by atoms with Gasteiger partial charge >= 0.3 is 0 Å². The van der Waals surface area contributed by atoms with E-state index in [-0.39, 0.29) is 29.0 Å². The van der Waals surface area contributed by atoms with Crippen LogP contribution in [-0.4, -0.2) is 47.1 Å². The average Bonchev–Trinajstić information content (AvgIpc) is 3.34. The molecule has 0 spiro atoms. The molecular formula is C17H20Cl2N2O3. The molecule has 0 aromatic heterocycles. The molecule has 2 N–H and O–H groups in total. The Morgan fingerprint density at radius 3 is 2.75 bits per heavy atom. The zero-order chi connectivity index (χ0) is 17.5. The van der Waals surface area contributed by atoms with Gasteiger partial charge in [0.25, 0.3) is 5.91 Å². The monoisotopic (exact) mass is 370 g/mol. The molecule has 130 valence electrons. The fourth-order valence-corrected chi connectivity index (χ4v) is 3.73. The predicted molar refractivity (Wildman–Crippen MR) is 92.2 cm³/mol. The minimum atomic E-state index is -0.782. The van der Waals surface area contributed by atoms with Crippen molar-refractivity contribution in [3.05, 3.63) is 33.8 Å². The van der Waals surface area contributed by atoms with Crippen LogP contribution in [0.15, 0.2) is 18.2 Å². The lowest BCUT2D eigenvalue weighted by Gasteiger charge is -2.26. The van der Waals surface area contributed by atoms with Crippen molar-refractivity contribution in [2.75, 3.05) is 19.6 Å². The highest BCUT2D eigenvalue weighted by Gasteiger charge is 2.53. The van der Waals surface area contributed by atoms with Crippen LogP contribution in [0.1, 0.15) is 30.1 Å². The van der Waals surface area contributed by atoms with E-state index in [2.05, 4.69) is 5.32 Å². The number of carbonyl (C=O) groups excluding carboxylic acids is 2. The van der Waals surface area contributed by atoms with Gasteiger partial charge in [-0.2, -0.15) is 0 Å². The third-order valence-electron chi connectivity index (χ3n) is 5.00. The Kier molecular flexibility index (Phi) is 4.78. The molecule has 0 bridgehead atoms. The van der Waals surface area contributed by atoms with E-state index in [1.54, 1.807) is 17.0 Å². The average molecular weight is 371 g/mol. The molecule has 1 aliphatic heterocycles. The molecule has 1 aliphatic carbocycles. The summed E-state index contributed by atoms with van der Waals surface area (Å²) in [6.07, 6.45) is 2.04. The number of β-amino-alcohol motifs (C(OH)–C–C–N with tert-alkyl or cyclic N) is 1. The normalized spacial score (nSPS) is 26.5. The summed E-state index contributed by atoms with van der Waals surface area (Å²) >= 11 is 11.9. The molecule has 3 rings (SSSR count). The molecule has 1 aromatic carbocycles. The van der Waals surface area contributed by atoms with Gasteiger partial charge in [0.05, 0.1) is 29.3 Å². The minimum absolute atomic E-state index is 0.0482. The third kappa shape index (κ3) is 3.39. The molecule has 1 heterocycles. The summed E-state index contributed by atoms with van der Waals surface area (Å²) in [5, 5.41) is 14.0. The largest absolute Gasteiger partial charge is 0.387 e. The molecule has 2 aliphatic rings. The quantitative estimate of drug-likeness (QED) is 0.854. The maximum atomic E-state index is 12.4. The van der Waals surface area contributed by atoms with Crippen LogP contribution in [0.2, 0.25) is 10.0 Å². The molecule has 7 heteroatoms. The van der Waals surface area contributed by atoms with Crippen LogP contribution in [0.4, 0.5) is 0 Å². The first-order chi connectivity index (χ1) is 11.3. The van der Waals surface area contributed by atoms with Gasteiger partial charge in [0, 0.05) is 17.5 Å². The summed E-state index contributed by atoms with van der Waals surface area (Å²) < 4.78 is 0. The molecule has 2 fully saturated rings. The minimum Gasteiger partial charge on any atom is -0.387 e. The smallest absolute Gasteiger partial charge is 0.253 e. The van der Waals surface area contributed by atoms with Gasteiger partial charge in [-0.3, -0.25) is 9.59 Å². The van der Waals surface area contributed by atoms with Crippen molar-refractivity contribution >= 4 is 35.0 Å². The molecule has 2 amide bonds. The van der Waals surface area contributed by atoms with Crippen LogP contribution in [0.25, 0.3) is 0 Å². The lowest BCUT2D eigenvalue weighted by Crippen LogP contribution is -2.43. The van der Waals surface area contributed by atoms with E-state index in [0.29, 0.717) is 24.0 Å². The lowest BCUT2D eigenvalue weighted by atomic mass is 9.88. The Hall–Kier alpha value is -1.30. The number of rotatable bonds is 4. The second kappa shape index (κ2) is 6.54. The fraction of sp³-hybridized carbons (Fsp3) is 0.529. The van der Waals surface area contributed by atoms with Gasteiger partial charge in [0.2, 0.25) is 5.91 Å². The first kappa shape index (κ1) is 17.5. The Labute approximate surface area is 150 Å². The summed E-state index contributed by atoms with van der Waals surface area (Å²) in [5.41, 5.74) is -0.545. The van der Waals surface area contributed by atoms with Crippen LogP contribution < -0.4 is 5.32 Å². The van der Waals surface area contributed by atoms with Crippen LogP contribution in [-0.2, 0) is 4.79 Å². The van der Waals surface area contributed by atoms with Gasteiger partial charge in [0.1, 0.15) is 0 Å². The van der Waals surface area contributed by atoms with Crippen molar-refractivity contribution in [1.82, 2.24) is 10.2 Å². The number of nitrogens with one attached hydrogen (secondary N) is 1. The number of hydrogen-bond donors (Lipinski definition) is 2. The second-order valence-corrected chi connectivity index (χ2v) is 7.59. The summed E-state index contributed by atoms with van der Waals surface area (Å²) in [4.78, 5) is 26.2. The van der Waals surface area contributed by atoms with Crippen LogP contribution >= 0.6 is 23.2 Å². The van der Waals surface area contributed by atoms with E-state index in [1.807, 2.05) is 6.92 Å². The number of nitrogens with zero attached hydrogens (tertiary/aromatic N) is 1. The lowest BCUT2D eigenvalue weighted by molar-refractivity contribution is -0.130. The van der Waals surface area contributed by atoms with Crippen molar-refractivity contribution < 1.29 is 14.7 Å². The number of aliphatic hydroxyl groups is 1. The van der Waals surface area contributed by atoms with Crippen molar-refractivity contribution in [1.29, 1.82) is 0 Å². The van der Waals surface area contributed by atoms with Crippen LogP contribution in [0, 0.1) is 11.8 Å². The topological polar surface area (TPSA) is 69.6 Å².